The van der Waals surface area contributed by atoms with Crippen molar-refractivity contribution in [2.24, 2.45) is 0 Å². The Balaban J connectivity index is 1.33. The molecule has 1 fully saturated rings. The van der Waals surface area contributed by atoms with Crippen LogP contribution < -0.4 is 10.5 Å². The molecule has 0 amide bonds. The molecule has 2 aliphatic heterocycles. The molecule has 8 nitrogen and oxygen atoms in total. The first-order chi connectivity index (χ1) is 14.6. The van der Waals surface area contributed by atoms with Gasteiger partial charge in [0.1, 0.15) is 5.82 Å². The molecule has 0 radical (unpaired) electrons. The Kier molecular flexibility index (Phi) is 4.46. The molecule has 152 valence electrons. The molecule has 0 bridgehead atoms. The average Bonchev–Trinajstić information content (AvgIpc) is 3.17. The van der Waals surface area contributed by atoms with Crippen LogP contribution in [0.3, 0.4) is 0 Å². The van der Waals surface area contributed by atoms with E-state index in [0.717, 1.165) is 55.2 Å². The number of non-ortho nitro benzene ring substituents is 1. The summed E-state index contributed by atoms with van der Waals surface area (Å²) in [5.41, 5.74) is 2.98. The first kappa shape index (κ1) is 18.4. The van der Waals surface area contributed by atoms with E-state index in [1.807, 2.05) is 24.3 Å². The van der Waals surface area contributed by atoms with Crippen LogP contribution in [-0.2, 0) is 6.54 Å². The Bertz CT molecular complexity index is 1210. The van der Waals surface area contributed by atoms with Gasteiger partial charge < -0.3 is 9.80 Å². The number of benzene rings is 2. The fraction of sp³-hybridized carbons (Fsp3) is 0.273. The first-order valence-corrected chi connectivity index (χ1v) is 10.0. The number of hydrogen-bond acceptors (Lipinski definition) is 6. The summed E-state index contributed by atoms with van der Waals surface area (Å²) in [5.74, 6) is 0.775. The summed E-state index contributed by atoms with van der Waals surface area (Å²) < 4.78 is 1.78. The highest BCUT2D eigenvalue weighted by atomic mass is 16.6. The predicted octanol–water partition coefficient (Wildman–Crippen LogP) is 2.87. The quantitative estimate of drug-likeness (QED) is 0.494. The van der Waals surface area contributed by atoms with Crippen molar-refractivity contribution in [1.82, 2.24) is 14.5 Å². The van der Waals surface area contributed by atoms with Crippen molar-refractivity contribution < 1.29 is 4.92 Å². The second-order valence-corrected chi connectivity index (χ2v) is 7.61. The smallest absolute Gasteiger partial charge is 0.269 e. The lowest BCUT2D eigenvalue weighted by molar-refractivity contribution is -0.384. The van der Waals surface area contributed by atoms with Gasteiger partial charge in [0.2, 0.25) is 0 Å². The van der Waals surface area contributed by atoms with Crippen molar-refractivity contribution in [1.29, 1.82) is 0 Å². The third kappa shape index (κ3) is 3.20. The van der Waals surface area contributed by atoms with Crippen LogP contribution in [0, 0.1) is 10.1 Å². The van der Waals surface area contributed by atoms with Crippen molar-refractivity contribution in [2.75, 3.05) is 31.1 Å². The largest absolute Gasteiger partial charge is 0.373 e. The second kappa shape index (κ2) is 7.29. The van der Waals surface area contributed by atoms with Crippen LogP contribution in [0.1, 0.15) is 12.2 Å². The number of para-hydroxylation sites is 1. The van der Waals surface area contributed by atoms with Gasteiger partial charge in [-0.15, -0.1) is 0 Å². The van der Waals surface area contributed by atoms with E-state index in [1.54, 1.807) is 28.8 Å². The van der Waals surface area contributed by atoms with E-state index in [4.69, 9.17) is 4.98 Å². The molecule has 3 heterocycles. The molecule has 0 saturated carbocycles. The maximum Gasteiger partial charge on any atom is 0.269 e. The number of nitro benzene ring substituents is 1. The van der Waals surface area contributed by atoms with Gasteiger partial charge in [-0.3, -0.25) is 19.5 Å². The van der Waals surface area contributed by atoms with E-state index in [9.17, 15) is 14.9 Å². The molecule has 1 aromatic heterocycles. The Morgan fingerprint density at radius 3 is 2.43 bits per heavy atom. The van der Waals surface area contributed by atoms with Crippen molar-refractivity contribution in [3.8, 4) is 0 Å². The lowest BCUT2D eigenvalue weighted by Crippen LogP contribution is -2.44. The molecule has 0 atom stereocenters. The minimum Gasteiger partial charge on any atom is -0.373 e. The second-order valence-electron chi connectivity index (χ2n) is 7.61. The van der Waals surface area contributed by atoms with Gasteiger partial charge in [-0.25, -0.2) is 4.98 Å². The minimum absolute atomic E-state index is 0.0296. The number of piperazine rings is 1. The van der Waals surface area contributed by atoms with Crippen LogP contribution in [0.5, 0.6) is 0 Å². The van der Waals surface area contributed by atoms with Crippen LogP contribution in [0.15, 0.2) is 59.5 Å². The lowest BCUT2D eigenvalue weighted by atomic mass is 10.2. The molecular formula is C22H21N5O3. The molecule has 0 N–H and O–H groups in total. The van der Waals surface area contributed by atoms with E-state index in [0.29, 0.717) is 11.9 Å². The van der Waals surface area contributed by atoms with E-state index in [-0.39, 0.29) is 16.2 Å². The number of fused-ring (bicyclic) bond motifs is 2. The van der Waals surface area contributed by atoms with Gasteiger partial charge in [-0.05, 0) is 30.7 Å². The highest BCUT2D eigenvalue weighted by molar-refractivity contribution is 5.79. The number of nitro groups is 1. The van der Waals surface area contributed by atoms with E-state index in [2.05, 4.69) is 16.0 Å². The Morgan fingerprint density at radius 1 is 0.967 bits per heavy atom. The third-order valence-electron chi connectivity index (χ3n) is 5.83. The van der Waals surface area contributed by atoms with Crippen LogP contribution in [-0.4, -0.2) is 45.6 Å². The summed E-state index contributed by atoms with van der Waals surface area (Å²) in [6, 6.07) is 14.2. The third-order valence-corrected chi connectivity index (χ3v) is 5.83. The van der Waals surface area contributed by atoms with Crippen LogP contribution in [0.25, 0.3) is 16.5 Å². The maximum atomic E-state index is 12.8. The monoisotopic (exact) mass is 403 g/mol. The Labute approximate surface area is 172 Å². The predicted molar refractivity (Wildman–Crippen MR) is 115 cm³/mol. The van der Waals surface area contributed by atoms with E-state index < -0.39 is 0 Å². The number of anilines is 1. The van der Waals surface area contributed by atoms with E-state index in [1.165, 1.54) is 0 Å². The molecular weight excluding hydrogens is 382 g/mol. The average molecular weight is 403 g/mol. The molecule has 5 rings (SSSR count). The van der Waals surface area contributed by atoms with Gasteiger partial charge in [-0.1, -0.05) is 12.1 Å². The fourth-order valence-electron chi connectivity index (χ4n) is 4.20. The van der Waals surface area contributed by atoms with Gasteiger partial charge in [0.15, 0.2) is 0 Å². The van der Waals surface area contributed by atoms with Crippen LogP contribution in [0.2, 0.25) is 0 Å². The van der Waals surface area contributed by atoms with E-state index >= 15 is 0 Å². The molecule has 1 saturated heterocycles. The van der Waals surface area contributed by atoms with Crippen molar-refractivity contribution in [3.63, 3.8) is 0 Å². The minimum atomic E-state index is -0.379. The van der Waals surface area contributed by atoms with Crippen LogP contribution in [0.4, 0.5) is 11.4 Å². The molecule has 30 heavy (non-hydrogen) atoms. The maximum absolute atomic E-state index is 12.8. The number of allylic oxidation sites excluding steroid dienone is 1. The zero-order valence-electron chi connectivity index (χ0n) is 16.4. The molecule has 0 aliphatic carbocycles. The topological polar surface area (TPSA) is 84.5 Å². The summed E-state index contributed by atoms with van der Waals surface area (Å²) in [5, 5.41) is 11.5. The zero-order chi connectivity index (χ0) is 20.7. The summed E-state index contributed by atoms with van der Waals surface area (Å²) in [6.07, 6.45) is 2.95. The standard InChI is InChI=1S/C22H21N5O3/c28-22-19-3-1-2-4-20(19)23-21-16(9-10-26(21)22)15-24-11-13-25(14-12-24)17-5-7-18(8-6-17)27(29)30/h1-8,15H,9-14H2. The first-order valence-electron chi connectivity index (χ1n) is 10.0. The molecule has 8 heteroatoms. The van der Waals surface area contributed by atoms with Gasteiger partial charge >= 0.3 is 0 Å². The highest BCUT2D eigenvalue weighted by Crippen LogP contribution is 2.27. The van der Waals surface area contributed by atoms with Gasteiger partial charge in [0, 0.05) is 62.3 Å². The molecule has 0 unspecified atom stereocenters. The zero-order valence-corrected chi connectivity index (χ0v) is 16.4. The Hall–Kier alpha value is -3.68. The number of hydrogen-bond donors (Lipinski definition) is 0. The molecule has 3 aromatic rings. The molecule has 2 aliphatic rings. The Morgan fingerprint density at radius 2 is 1.70 bits per heavy atom. The summed E-state index contributed by atoms with van der Waals surface area (Å²) in [7, 11) is 0. The van der Waals surface area contributed by atoms with Crippen LogP contribution >= 0.6 is 0 Å². The number of aromatic nitrogens is 2. The number of nitrogens with zero attached hydrogens (tertiary/aromatic N) is 5. The summed E-state index contributed by atoms with van der Waals surface area (Å²) >= 11 is 0. The highest BCUT2D eigenvalue weighted by Gasteiger charge is 2.23. The lowest BCUT2D eigenvalue weighted by Gasteiger charge is -2.35. The SMILES string of the molecule is O=c1c2ccccc2nc2n1CCC2=CN1CCN(c2ccc([N+](=O)[O-])cc2)CC1. The van der Waals surface area contributed by atoms with Gasteiger partial charge in [0.05, 0.1) is 15.8 Å². The molecule has 0 spiro atoms. The van der Waals surface area contributed by atoms with Gasteiger partial charge in [0.25, 0.3) is 11.2 Å². The normalized spacial score (nSPS) is 17.5. The number of rotatable bonds is 3. The van der Waals surface area contributed by atoms with Gasteiger partial charge in [-0.2, -0.15) is 0 Å². The fourth-order valence-corrected chi connectivity index (χ4v) is 4.20. The van der Waals surface area contributed by atoms with Crippen molar-refractivity contribution in [3.05, 3.63) is 81.0 Å². The summed E-state index contributed by atoms with van der Waals surface area (Å²) in [4.78, 5) is 32.5. The van der Waals surface area contributed by atoms with Crippen molar-refractivity contribution in [2.45, 2.75) is 13.0 Å². The molecule has 2 aromatic carbocycles. The summed E-state index contributed by atoms with van der Waals surface area (Å²) in [6.45, 7) is 4.02. The van der Waals surface area contributed by atoms with Crippen molar-refractivity contribution >= 4 is 27.9 Å².